The molecular weight excluding hydrogens is 577 g/mol. The van der Waals surface area contributed by atoms with Gasteiger partial charge in [0.05, 0.1) is 55.7 Å². The number of hydrogen-bond acceptors (Lipinski definition) is 7. The van der Waals surface area contributed by atoms with Crippen LogP contribution in [0.25, 0.3) is 16.9 Å². The minimum atomic E-state index is -0.586. The van der Waals surface area contributed by atoms with Gasteiger partial charge in [-0.15, -0.1) is 5.10 Å². The highest BCUT2D eigenvalue weighted by molar-refractivity contribution is 6.42. The van der Waals surface area contributed by atoms with Gasteiger partial charge in [-0.25, -0.2) is 14.3 Å². The van der Waals surface area contributed by atoms with E-state index in [2.05, 4.69) is 31.0 Å². The Hall–Kier alpha value is -4.50. The minimum Gasteiger partial charge on any atom is -0.355 e. The molecule has 0 saturated carbocycles. The number of nitriles is 1. The van der Waals surface area contributed by atoms with E-state index >= 15 is 0 Å². The Morgan fingerprint density at radius 2 is 1.82 bits per heavy atom. The summed E-state index contributed by atoms with van der Waals surface area (Å²) < 4.78 is 2.88. The zero-order chi connectivity index (χ0) is 28.6. The Labute approximate surface area is 242 Å². The molecule has 0 aliphatic carbocycles. The highest BCUT2D eigenvalue weighted by atomic mass is 35.5. The van der Waals surface area contributed by atoms with Gasteiger partial charge in [0.15, 0.2) is 5.82 Å². The van der Waals surface area contributed by atoms with Crippen LogP contribution in [0, 0.1) is 18.3 Å². The van der Waals surface area contributed by atoms with Gasteiger partial charge >= 0.3 is 0 Å². The third kappa shape index (κ3) is 5.08. The van der Waals surface area contributed by atoms with Crippen molar-refractivity contribution >= 4 is 63.3 Å². The number of hydrogen-bond donors (Lipinski definition) is 2. The molecule has 40 heavy (non-hydrogen) atoms. The molecule has 0 fully saturated rings. The van der Waals surface area contributed by atoms with E-state index in [9.17, 15) is 14.9 Å². The molecular formula is C26H18Cl3N9O2. The summed E-state index contributed by atoms with van der Waals surface area (Å²) in [6.45, 7) is 1.82. The van der Waals surface area contributed by atoms with Gasteiger partial charge in [-0.05, 0) is 55.0 Å². The first-order valence-corrected chi connectivity index (χ1v) is 12.8. The molecule has 200 valence electrons. The van der Waals surface area contributed by atoms with Crippen molar-refractivity contribution in [3.63, 3.8) is 0 Å². The Balaban J connectivity index is 1.58. The number of pyridine rings is 1. The molecule has 0 saturated heterocycles. The number of fused-ring (bicyclic) bond motifs is 1. The third-order valence-corrected chi connectivity index (χ3v) is 6.99. The largest absolute Gasteiger partial charge is 0.355 e. The number of benzene rings is 2. The van der Waals surface area contributed by atoms with Crippen molar-refractivity contribution in [2.45, 2.75) is 13.5 Å². The van der Waals surface area contributed by atoms with E-state index in [1.165, 1.54) is 24.0 Å². The Bertz CT molecular complexity index is 1860. The topological polar surface area (TPSA) is 143 Å². The molecule has 0 spiro atoms. The average molecular weight is 595 g/mol. The van der Waals surface area contributed by atoms with Crippen LogP contribution >= 0.6 is 34.8 Å². The molecule has 0 atom stereocenters. The van der Waals surface area contributed by atoms with Crippen molar-refractivity contribution in [3.05, 3.63) is 91.8 Å². The van der Waals surface area contributed by atoms with Crippen molar-refractivity contribution in [2.75, 3.05) is 12.4 Å². The molecule has 0 unspecified atom stereocenters. The smallest absolute Gasteiger partial charge is 0.274 e. The van der Waals surface area contributed by atoms with E-state index in [4.69, 9.17) is 34.8 Å². The van der Waals surface area contributed by atoms with Crippen LogP contribution in [0.5, 0.6) is 0 Å². The molecule has 5 rings (SSSR count). The maximum atomic E-state index is 13.7. The van der Waals surface area contributed by atoms with Crippen LogP contribution in [-0.4, -0.2) is 48.6 Å². The van der Waals surface area contributed by atoms with Crippen molar-refractivity contribution in [2.24, 2.45) is 0 Å². The summed E-state index contributed by atoms with van der Waals surface area (Å²) in [5.41, 5.74) is 2.88. The highest BCUT2D eigenvalue weighted by Crippen LogP contribution is 2.28. The number of carbonyl (C=O) groups is 2. The lowest BCUT2D eigenvalue weighted by atomic mass is 10.0. The molecule has 0 bridgehead atoms. The van der Waals surface area contributed by atoms with Crippen molar-refractivity contribution < 1.29 is 9.59 Å². The Morgan fingerprint density at radius 1 is 1.05 bits per heavy atom. The minimum absolute atomic E-state index is 0.0905. The molecule has 3 aromatic heterocycles. The standard InChI is InChI=1S/C26H18Cl3N9O2/c1-13-6-14(11-30)7-16(25(39)31-2)23(13)33-26(40)22-8-15(35-38(22)24-17(27)4-3-5-32-24)12-37-21-10-19(29)18(28)9-20(21)34-36-37/h3-10H,12H2,1-2H3,(H,31,39)(H,33,40). The fraction of sp³-hybridized carbons (Fsp3) is 0.115. The van der Waals surface area contributed by atoms with Crippen LogP contribution < -0.4 is 10.6 Å². The van der Waals surface area contributed by atoms with E-state index in [-0.39, 0.29) is 39.9 Å². The molecule has 11 nitrogen and oxygen atoms in total. The highest BCUT2D eigenvalue weighted by Gasteiger charge is 2.23. The van der Waals surface area contributed by atoms with Gasteiger partial charge in [0, 0.05) is 13.2 Å². The SMILES string of the molecule is CNC(=O)c1cc(C#N)cc(C)c1NC(=O)c1cc(Cn2nnc3cc(Cl)c(Cl)cc32)nn1-c1ncccc1Cl. The summed E-state index contributed by atoms with van der Waals surface area (Å²) in [5, 5.41) is 28.5. The first-order valence-electron chi connectivity index (χ1n) is 11.7. The molecule has 2 aromatic carbocycles. The van der Waals surface area contributed by atoms with Crippen LogP contribution in [-0.2, 0) is 6.54 Å². The van der Waals surface area contributed by atoms with E-state index in [1.54, 1.807) is 48.0 Å². The number of anilines is 1. The number of halogens is 3. The lowest BCUT2D eigenvalue weighted by Crippen LogP contribution is -2.24. The number of aromatic nitrogens is 6. The van der Waals surface area contributed by atoms with E-state index in [0.717, 1.165) is 0 Å². The summed E-state index contributed by atoms with van der Waals surface area (Å²) in [5.74, 6) is -0.826. The average Bonchev–Trinajstić information content (AvgIpc) is 3.53. The van der Waals surface area contributed by atoms with Crippen molar-refractivity contribution in [3.8, 4) is 11.9 Å². The van der Waals surface area contributed by atoms with Gasteiger partial charge < -0.3 is 10.6 Å². The molecule has 14 heteroatoms. The summed E-state index contributed by atoms with van der Waals surface area (Å²) in [6, 6.07) is 13.1. The van der Waals surface area contributed by atoms with Gasteiger partial charge in [-0.2, -0.15) is 10.4 Å². The molecule has 0 aliphatic heterocycles. The van der Waals surface area contributed by atoms with Crippen LogP contribution in [0.3, 0.4) is 0 Å². The molecule has 5 aromatic rings. The lowest BCUT2D eigenvalue weighted by molar-refractivity contribution is 0.0964. The molecule has 2 N–H and O–H groups in total. The molecule has 0 radical (unpaired) electrons. The zero-order valence-corrected chi connectivity index (χ0v) is 23.2. The number of carbonyl (C=O) groups excluding carboxylic acids is 2. The number of nitrogens with one attached hydrogen (secondary N) is 2. The summed E-state index contributed by atoms with van der Waals surface area (Å²) in [7, 11) is 1.46. The van der Waals surface area contributed by atoms with Crippen molar-refractivity contribution in [1.29, 1.82) is 5.26 Å². The van der Waals surface area contributed by atoms with Gasteiger partial charge in [-0.3, -0.25) is 9.59 Å². The first-order chi connectivity index (χ1) is 19.2. The van der Waals surface area contributed by atoms with Gasteiger partial charge in [0.1, 0.15) is 11.2 Å². The fourth-order valence-corrected chi connectivity index (χ4v) is 4.62. The fourth-order valence-electron chi connectivity index (χ4n) is 4.11. The normalized spacial score (nSPS) is 10.9. The maximum Gasteiger partial charge on any atom is 0.274 e. The molecule has 0 aliphatic rings. The predicted octanol–water partition coefficient (Wildman–Crippen LogP) is 4.81. The van der Waals surface area contributed by atoms with Crippen LogP contribution in [0.4, 0.5) is 5.69 Å². The Kier molecular flexibility index (Phi) is 7.40. The van der Waals surface area contributed by atoms with E-state index in [1.807, 2.05) is 6.07 Å². The predicted molar refractivity (Wildman–Crippen MR) is 150 cm³/mol. The van der Waals surface area contributed by atoms with Crippen molar-refractivity contribution in [1.82, 2.24) is 35.1 Å². The molecule has 3 heterocycles. The number of nitrogens with zero attached hydrogens (tertiary/aromatic N) is 7. The Morgan fingerprint density at radius 3 is 2.55 bits per heavy atom. The zero-order valence-electron chi connectivity index (χ0n) is 20.9. The number of rotatable bonds is 6. The van der Waals surface area contributed by atoms with Gasteiger partial charge in [-0.1, -0.05) is 40.0 Å². The second-order valence-electron chi connectivity index (χ2n) is 8.60. The molecule has 2 amide bonds. The van der Waals surface area contributed by atoms with Crippen LogP contribution in [0.2, 0.25) is 15.1 Å². The van der Waals surface area contributed by atoms with E-state index < -0.39 is 11.8 Å². The number of aryl methyl sites for hydroxylation is 1. The second kappa shape index (κ2) is 10.9. The second-order valence-corrected chi connectivity index (χ2v) is 9.83. The number of amides is 2. The van der Waals surface area contributed by atoms with Gasteiger partial charge in [0.2, 0.25) is 0 Å². The van der Waals surface area contributed by atoms with Crippen LogP contribution in [0.15, 0.2) is 48.7 Å². The van der Waals surface area contributed by atoms with Gasteiger partial charge in [0.25, 0.3) is 11.8 Å². The lowest BCUT2D eigenvalue weighted by Gasteiger charge is -2.14. The quantitative estimate of drug-likeness (QED) is 0.287. The maximum absolute atomic E-state index is 13.7. The summed E-state index contributed by atoms with van der Waals surface area (Å²) in [6.07, 6.45) is 1.52. The summed E-state index contributed by atoms with van der Waals surface area (Å²) in [4.78, 5) is 30.6. The summed E-state index contributed by atoms with van der Waals surface area (Å²) >= 11 is 18.7. The first kappa shape index (κ1) is 27.1. The van der Waals surface area contributed by atoms with E-state index in [0.29, 0.717) is 32.3 Å². The monoisotopic (exact) mass is 593 g/mol. The van der Waals surface area contributed by atoms with Crippen LogP contribution in [0.1, 0.15) is 37.7 Å². The third-order valence-electron chi connectivity index (χ3n) is 5.97.